The molecule has 1 aromatic carbocycles. The van der Waals surface area contributed by atoms with E-state index in [2.05, 4.69) is 20.6 Å². The zero-order valence-electron chi connectivity index (χ0n) is 11.0. The predicted molar refractivity (Wildman–Crippen MR) is 83.3 cm³/mol. The lowest BCUT2D eigenvalue weighted by Crippen LogP contribution is -2.16. The SMILES string of the molecule is O=C(Nc1ncnc(Cl)c1Cl)c1ccc2c(c1)CCCN2. The van der Waals surface area contributed by atoms with Crippen LogP contribution in [0.15, 0.2) is 24.5 Å². The van der Waals surface area contributed by atoms with E-state index >= 15 is 0 Å². The van der Waals surface area contributed by atoms with E-state index in [1.165, 1.54) is 6.33 Å². The average Bonchev–Trinajstić information content (AvgIpc) is 2.51. The summed E-state index contributed by atoms with van der Waals surface area (Å²) in [5.74, 6) is -0.0717. The molecule has 0 bridgehead atoms. The highest BCUT2D eigenvalue weighted by Gasteiger charge is 2.15. The minimum Gasteiger partial charge on any atom is -0.385 e. The monoisotopic (exact) mass is 322 g/mol. The third-order valence-corrected chi connectivity index (χ3v) is 4.03. The Morgan fingerprint density at radius 2 is 2.14 bits per heavy atom. The molecule has 2 aromatic rings. The van der Waals surface area contributed by atoms with Crippen molar-refractivity contribution in [3.05, 3.63) is 45.8 Å². The molecule has 7 heteroatoms. The first-order valence-corrected chi connectivity index (χ1v) is 7.25. The van der Waals surface area contributed by atoms with Crippen molar-refractivity contribution in [3.8, 4) is 0 Å². The van der Waals surface area contributed by atoms with Crippen LogP contribution in [0.25, 0.3) is 0 Å². The summed E-state index contributed by atoms with van der Waals surface area (Å²) in [6.45, 7) is 0.966. The van der Waals surface area contributed by atoms with Gasteiger partial charge >= 0.3 is 0 Å². The van der Waals surface area contributed by atoms with Crippen LogP contribution < -0.4 is 10.6 Å². The number of nitrogens with one attached hydrogen (secondary N) is 2. The minimum atomic E-state index is -0.278. The number of hydrogen-bond donors (Lipinski definition) is 2. The smallest absolute Gasteiger partial charge is 0.256 e. The topological polar surface area (TPSA) is 66.9 Å². The maximum atomic E-state index is 12.3. The van der Waals surface area contributed by atoms with E-state index in [0.717, 1.165) is 30.6 Å². The van der Waals surface area contributed by atoms with Crippen LogP contribution in [-0.4, -0.2) is 22.4 Å². The van der Waals surface area contributed by atoms with Crippen LogP contribution >= 0.6 is 23.2 Å². The van der Waals surface area contributed by atoms with E-state index in [4.69, 9.17) is 23.2 Å². The summed E-state index contributed by atoms with van der Waals surface area (Å²) >= 11 is 11.8. The van der Waals surface area contributed by atoms with Crippen molar-refractivity contribution < 1.29 is 4.79 Å². The van der Waals surface area contributed by atoms with Crippen molar-refractivity contribution in [1.29, 1.82) is 0 Å². The molecule has 2 N–H and O–H groups in total. The molecule has 1 amide bonds. The van der Waals surface area contributed by atoms with Gasteiger partial charge in [-0.2, -0.15) is 0 Å². The van der Waals surface area contributed by atoms with E-state index in [-0.39, 0.29) is 21.9 Å². The lowest BCUT2D eigenvalue weighted by Gasteiger charge is -2.18. The summed E-state index contributed by atoms with van der Waals surface area (Å²) in [6, 6.07) is 5.56. The number of anilines is 2. The molecular weight excluding hydrogens is 311 g/mol. The molecule has 0 unspecified atom stereocenters. The van der Waals surface area contributed by atoms with Crippen molar-refractivity contribution in [3.63, 3.8) is 0 Å². The Kier molecular flexibility index (Phi) is 3.94. The molecule has 2 heterocycles. The molecular formula is C14H12Cl2N4O. The van der Waals surface area contributed by atoms with Gasteiger partial charge in [-0.05, 0) is 36.6 Å². The number of carbonyl (C=O) groups is 1. The fourth-order valence-corrected chi connectivity index (χ4v) is 2.51. The van der Waals surface area contributed by atoms with Gasteiger partial charge in [-0.15, -0.1) is 0 Å². The molecule has 0 saturated carbocycles. The van der Waals surface area contributed by atoms with Gasteiger partial charge in [-0.25, -0.2) is 9.97 Å². The first kappa shape index (κ1) is 14.1. The Labute approximate surface area is 131 Å². The van der Waals surface area contributed by atoms with Gasteiger partial charge in [0.25, 0.3) is 5.91 Å². The number of aromatic nitrogens is 2. The van der Waals surface area contributed by atoms with Gasteiger partial charge in [0.15, 0.2) is 11.0 Å². The van der Waals surface area contributed by atoms with Crippen molar-refractivity contribution in [2.45, 2.75) is 12.8 Å². The number of benzene rings is 1. The number of fused-ring (bicyclic) bond motifs is 1. The number of amides is 1. The number of rotatable bonds is 2. The normalized spacial score (nSPS) is 13.2. The van der Waals surface area contributed by atoms with Crippen molar-refractivity contribution in [2.75, 3.05) is 17.2 Å². The Hall–Kier alpha value is -1.85. The van der Waals surface area contributed by atoms with E-state index in [1.54, 1.807) is 6.07 Å². The van der Waals surface area contributed by atoms with Gasteiger partial charge in [0, 0.05) is 17.8 Å². The first-order valence-electron chi connectivity index (χ1n) is 6.49. The molecule has 0 aliphatic carbocycles. The van der Waals surface area contributed by atoms with E-state index in [9.17, 15) is 4.79 Å². The summed E-state index contributed by atoms with van der Waals surface area (Å²) in [5, 5.41) is 6.19. The van der Waals surface area contributed by atoms with Gasteiger partial charge in [0.05, 0.1) is 0 Å². The molecule has 1 aromatic heterocycles. The third kappa shape index (κ3) is 2.94. The van der Waals surface area contributed by atoms with E-state index in [1.807, 2.05) is 12.1 Å². The number of nitrogens with zero attached hydrogens (tertiary/aromatic N) is 2. The van der Waals surface area contributed by atoms with Gasteiger partial charge in [-0.3, -0.25) is 4.79 Å². The Balaban J connectivity index is 1.84. The van der Waals surface area contributed by atoms with Gasteiger partial charge in [0.2, 0.25) is 0 Å². The van der Waals surface area contributed by atoms with Gasteiger partial charge in [0.1, 0.15) is 11.3 Å². The fraction of sp³-hybridized carbons (Fsp3) is 0.214. The van der Waals surface area contributed by atoms with Crippen LogP contribution in [0.2, 0.25) is 10.2 Å². The van der Waals surface area contributed by atoms with Crippen LogP contribution in [0, 0.1) is 0 Å². The molecule has 0 spiro atoms. The quantitative estimate of drug-likeness (QED) is 0.831. The minimum absolute atomic E-state index is 0.108. The Morgan fingerprint density at radius 3 is 3.00 bits per heavy atom. The summed E-state index contributed by atoms with van der Waals surface area (Å²) < 4.78 is 0. The standard InChI is InChI=1S/C14H12Cl2N4O/c15-11-12(16)18-7-19-13(11)20-14(21)9-3-4-10-8(6-9)2-1-5-17-10/h3-4,6-7,17H,1-2,5H2,(H,18,19,20,21). The second-order valence-electron chi connectivity index (χ2n) is 4.68. The largest absolute Gasteiger partial charge is 0.385 e. The lowest BCUT2D eigenvalue weighted by atomic mass is 10.0. The molecule has 5 nitrogen and oxygen atoms in total. The molecule has 0 fully saturated rings. The average molecular weight is 323 g/mol. The Bertz CT molecular complexity index is 705. The predicted octanol–water partition coefficient (Wildman–Crippen LogP) is 3.39. The zero-order valence-corrected chi connectivity index (χ0v) is 12.5. The van der Waals surface area contributed by atoms with Gasteiger partial charge < -0.3 is 10.6 Å². The molecule has 0 saturated heterocycles. The van der Waals surface area contributed by atoms with Crippen LogP contribution in [0.1, 0.15) is 22.3 Å². The highest BCUT2D eigenvalue weighted by atomic mass is 35.5. The second-order valence-corrected chi connectivity index (χ2v) is 5.42. The molecule has 21 heavy (non-hydrogen) atoms. The summed E-state index contributed by atoms with van der Waals surface area (Å²) in [4.78, 5) is 19.9. The zero-order chi connectivity index (χ0) is 14.8. The molecule has 1 aliphatic rings. The van der Waals surface area contributed by atoms with Gasteiger partial charge in [-0.1, -0.05) is 23.2 Å². The van der Waals surface area contributed by atoms with E-state index < -0.39 is 0 Å². The molecule has 108 valence electrons. The summed E-state index contributed by atoms with van der Waals surface area (Å²) in [7, 11) is 0. The highest BCUT2D eigenvalue weighted by molar-refractivity contribution is 6.43. The van der Waals surface area contributed by atoms with Crippen LogP contribution in [0.4, 0.5) is 11.5 Å². The number of aryl methyl sites for hydroxylation is 1. The molecule has 0 atom stereocenters. The first-order chi connectivity index (χ1) is 10.1. The summed E-state index contributed by atoms with van der Waals surface area (Å²) in [6.07, 6.45) is 3.27. The fourth-order valence-electron chi connectivity index (χ4n) is 2.23. The number of carbonyl (C=O) groups excluding carboxylic acids is 1. The Morgan fingerprint density at radius 1 is 1.29 bits per heavy atom. The van der Waals surface area contributed by atoms with E-state index in [0.29, 0.717) is 5.56 Å². The van der Waals surface area contributed by atoms with Crippen LogP contribution in [0.3, 0.4) is 0 Å². The van der Waals surface area contributed by atoms with Crippen LogP contribution in [-0.2, 0) is 6.42 Å². The summed E-state index contributed by atoms with van der Waals surface area (Å²) in [5.41, 5.74) is 2.78. The molecule has 3 rings (SSSR count). The van der Waals surface area contributed by atoms with Crippen molar-refractivity contribution >= 4 is 40.6 Å². The maximum absolute atomic E-state index is 12.3. The second kappa shape index (κ2) is 5.87. The molecule has 0 radical (unpaired) electrons. The maximum Gasteiger partial charge on any atom is 0.256 e. The number of halogens is 2. The third-order valence-electron chi connectivity index (χ3n) is 3.28. The molecule has 1 aliphatic heterocycles. The number of hydrogen-bond acceptors (Lipinski definition) is 4. The highest BCUT2D eigenvalue weighted by Crippen LogP contribution is 2.27. The lowest BCUT2D eigenvalue weighted by molar-refractivity contribution is 0.102. The van der Waals surface area contributed by atoms with Crippen molar-refractivity contribution in [1.82, 2.24) is 9.97 Å². The van der Waals surface area contributed by atoms with Crippen LogP contribution in [0.5, 0.6) is 0 Å². The van der Waals surface area contributed by atoms with Crippen molar-refractivity contribution in [2.24, 2.45) is 0 Å².